The molecule has 4 rings (SSSR count). The van der Waals surface area contributed by atoms with Crippen LogP contribution in [0, 0.1) is 29.6 Å². The van der Waals surface area contributed by atoms with Gasteiger partial charge >= 0.3 is 0 Å². The van der Waals surface area contributed by atoms with E-state index >= 15 is 0 Å². The van der Waals surface area contributed by atoms with Crippen LogP contribution in [0.4, 0.5) is 15.8 Å². The Morgan fingerprint density at radius 1 is 1.26 bits per heavy atom. The Kier molecular flexibility index (Phi) is 8.09. The zero-order chi connectivity index (χ0) is 27.4. The summed E-state index contributed by atoms with van der Waals surface area (Å²) < 4.78 is 15.5. The van der Waals surface area contributed by atoms with E-state index in [4.69, 9.17) is 11.6 Å². The van der Waals surface area contributed by atoms with E-state index in [1.807, 2.05) is 6.07 Å². The van der Waals surface area contributed by atoms with Gasteiger partial charge in [0.2, 0.25) is 5.95 Å². The highest BCUT2D eigenvalue weighted by Crippen LogP contribution is 2.36. The molecule has 0 aliphatic heterocycles. The first-order valence-corrected chi connectivity index (χ1v) is 12.6. The van der Waals surface area contributed by atoms with Gasteiger partial charge in [0.05, 0.1) is 34.0 Å². The lowest BCUT2D eigenvalue weighted by Gasteiger charge is -2.23. The molecule has 9 nitrogen and oxygen atoms in total. The van der Waals surface area contributed by atoms with Crippen molar-refractivity contribution in [3.63, 3.8) is 0 Å². The summed E-state index contributed by atoms with van der Waals surface area (Å²) in [5, 5.41) is 35.4. The van der Waals surface area contributed by atoms with Crippen molar-refractivity contribution in [2.75, 3.05) is 23.8 Å². The average Bonchev–Trinajstić information content (AvgIpc) is 3.33. The molecule has 0 radical (unpaired) electrons. The van der Waals surface area contributed by atoms with Gasteiger partial charge in [-0.25, -0.2) is 4.98 Å². The Bertz CT molecular complexity index is 1490. The van der Waals surface area contributed by atoms with E-state index in [0.29, 0.717) is 69.3 Å². The number of pyridine rings is 2. The number of hydrogen-bond donors (Lipinski definition) is 3. The van der Waals surface area contributed by atoms with Crippen molar-refractivity contribution in [3.05, 3.63) is 70.1 Å². The zero-order valence-electron chi connectivity index (χ0n) is 21.8. The monoisotopic (exact) mass is 536 g/mol. The lowest BCUT2D eigenvalue weighted by Crippen LogP contribution is -2.20. The molecule has 0 amide bonds. The minimum Gasteiger partial charge on any atom is -0.396 e. The lowest BCUT2D eigenvalue weighted by atomic mass is 9.96. The third-order valence-corrected chi connectivity index (χ3v) is 6.24. The van der Waals surface area contributed by atoms with Gasteiger partial charge in [0.15, 0.2) is 0 Å². The number of nitrogens with one attached hydrogen (secondary N) is 2. The Morgan fingerprint density at radius 2 is 2.05 bits per heavy atom. The Balaban J connectivity index is 1.81. The van der Waals surface area contributed by atoms with Crippen molar-refractivity contribution < 1.29 is 9.50 Å². The van der Waals surface area contributed by atoms with Crippen LogP contribution in [0.15, 0.2) is 36.7 Å². The molecular weight excluding hydrogens is 507 g/mol. The Morgan fingerprint density at radius 3 is 2.74 bits per heavy atom. The van der Waals surface area contributed by atoms with Crippen LogP contribution in [0.3, 0.4) is 0 Å². The van der Waals surface area contributed by atoms with Gasteiger partial charge in [-0.1, -0.05) is 43.7 Å². The number of anilines is 2. The number of nitrogens with zero attached hydrogens (tertiary/aromatic N) is 6. The van der Waals surface area contributed by atoms with Gasteiger partial charge in [-0.15, -0.1) is 5.10 Å². The molecular formula is C27H30ClFN8O. The highest BCUT2D eigenvalue weighted by Gasteiger charge is 2.23. The van der Waals surface area contributed by atoms with Crippen molar-refractivity contribution in [1.82, 2.24) is 25.0 Å². The maximum absolute atomic E-state index is 13.8. The fourth-order valence-corrected chi connectivity index (χ4v) is 4.35. The molecule has 4 aromatic rings. The fraction of sp³-hybridized carbons (Fsp3) is 0.370. The minimum atomic E-state index is -0.574. The van der Waals surface area contributed by atoms with E-state index < -0.39 is 12.0 Å². The molecule has 1 aromatic carbocycles. The van der Waals surface area contributed by atoms with Crippen molar-refractivity contribution in [2.45, 2.75) is 46.7 Å². The molecule has 0 saturated carbocycles. The summed E-state index contributed by atoms with van der Waals surface area (Å²) in [5.74, 6) is -0.574. The number of aliphatic hydroxyl groups excluding tert-OH is 1. The molecule has 11 heteroatoms. The van der Waals surface area contributed by atoms with Crippen LogP contribution in [0.2, 0.25) is 5.02 Å². The number of aromatic nitrogens is 5. The van der Waals surface area contributed by atoms with Gasteiger partial charge in [0.25, 0.3) is 0 Å². The minimum absolute atomic E-state index is 0.0258. The van der Waals surface area contributed by atoms with Gasteiger partial charge in [-0.3, -0.25) is 9.67 Å². The van der Waals surface area contributed by atoms with Crippen LogP contribution in [-0.2, 0) is 6.54 Å². The average molecular weight is 537 g/mol. The van der Waals surface area contributed by atoms with Gasteiger partial charge in [0, 0.05) is 48.2 Å². The fourth-order valence-electron chi connectivity index (χ4n) is 4.08. The van der Waals surface area contributed by atoms with Crippen LogP contribution in [-0.4, -0.2) is 43.2 Å². The molecule has 1 atom stereocenters. The SMILES string of the molecule is Cc1nc(F)ccc1[C@H](Nc1cc(Cl)c2ncc(C#N)c(NCC(C)(C)C)c2c1)c1cn(CCCO)nn1. The molecule has 0 unspecified atom stereocenters. The van der Waals surface area contributed by atoms with E-state index in [9.17, 15) is 14.8 Å². The normalized spacial score (nSPS) is 12.4. The third-order valence-electron chi connectivity index (χ3n) is 5.95. The molecule has 0 saturated heterocycles. The number of aryl methyl sites for hydroxylation is 2. The standard InChI is InChI=1S/C27H30ClFN8O/c1-16-19(6-7-23(29)33-16)26(22-14-37(36-35-22)8-5-9-38)34-18-10-20-24(32-15-27(2,3)4)17(12-30)13-31-25(20)21(28)11-18/h6-7,10-11,13-14,26,34,38H,5,8-9,15H2,1-4H3,(H,31,32)/t26-/m0/s1. The van der Waals surface area contributed by atoms with Crippen molar-refractivity contribution in [2.24, 2.45) is 5.41 Å². The largest absolute Gasteiger partial charge is 0.396 e. The first kappa shape index (κ1) is 27.2. The first-order valence-electron chi connectivity index (χ1n) is 12.3. The van der Waals surface area contributed by atoms with E-state index in [2.05, 4.69) is 57.8 Å². The van der Waals surface area contributed by atoms with Crippen molar-refractivity contribution in [3.8, 4) is 6.07 Å². The van der Waals surface area contributed by atoms with E-state index in [0.717, 1.165) is 0 Å². The molecule has 38 heavy (non-hydrogen) atoms. The molecule has 0 aliphatic rings. The highest BCUT2D eigenvalue weighted by atomic mass is 35.5. The summed E-state index contributed by atoms with van der Waals surface area (Å²) >= 11 is 6.68. The topological polar surface area (TPSA) is 125 Å². The van der Waals surface area contributed by atoms with Crippen LogP contribution in [0.25, 0.3) is 10.9 Å². The smallest absolute Gasteiger partial charge is 0.213 e. The van der Waals surface area contributed by atoms with E-state index in [-0.39, 0.29) is 12.0 Å². The quantitative estimate of drug-likeness (QED) is 0.248. The number of hydrogen-bond acceptors (Lipinski definition) is 8. The number of halogens is 2. The van der Waals surface area contributed by atoms with Crippen LogP contribution in [0.1, 0.15) is 55.7 Å². The predicted molar refractivity (Wildman–Crippen MR) is 146 cm³/mol. The summed E-state index contributed by atoms with van der Waals surface area (Å²) in [7, 11) is 0. The summed E-state index contributed by atoms with van der Waals surface area (Å²) in [6.07, 6.45) is 3.84. The summed E-state index contributed by atoms with van der Waals surface area (Å²) in [6, 6.07) is 8.29. The maximum Gasteiger partial charge on any atom is 0.213 e. The number of nitriles is 1. The predicted octanol–water partition coefficient (Wildman–Crippen LogP) is 5.24. The van der Waals surface area contributed by atoms with Gasteiger partial charge in [-0.2, -0.15) is 9.65 Å². The maximum atomic E-state index is 13.8. The van der Waals surface area contributed by atoms with Crippen LogP contribution in [0.5, 0.6) is 0 Å². The van der Waals surface area contributed by atoms with E-state index in [1.54, 1.807) is 29.9 Å². The molecule has 0 aliphatic carbocycles. The first-order chi connectivity index (χ1) is 18.1. The number of benzene rings is 1. The summed E-state index contributed by atoms with van der Waals surface area (Å²) in [6.45, 7) is 9.22. The van der Waals surface area contributed by atoms with E-state index in [1.165, 1.54) is 12.3 Å². The third kappa shape index (κ3) is 6.18. The molecule has 3 N–H and O–H groups in total. The molecule has 3 aromatic heterocycles. The number of aliphatic hydroxyl groups is 1. The molecule has 198 valence electrons. The highest BCUT2D eigenvalue weighted by molar-refractivity contribution is 6.35. The number of rotatable bonds is 9. The molecule has 0 spiro atoms. The molecule has 0 fully saturated rings. The van der Waals surface area contributed by atoms with Gasteiger partial charge < -0.3 is 15.7 Å². The second-order valence-electron chi connectivity index (χ2n) is 10.3. The van der Waals surface area contributed by atoms with Crippen LogP contribution >= 0.6 is 11.6 Å². The van der Waals surface area contributed by atoms with Crippen molar-refractivity contribution in [1.29, 1.82) is 5.26 Å². The zero-order valence-corrected chi connectivity index (χ0v) is 22.5. The summed E-state index contributed by atoms with van der Waals surface area (Å²) in [4.78, 5) is 8.42. The molecule has 0 bridgehead atoms. The Hall–Kier alpha value is -3.81. The lowest BCUT2D eigenvalue weighted by molar-refractivity contribution is 0.276. The second-order valence-corrected chi connectivity index (χ2v) is 10.7. The van der Waals surface area contributed by atoms with Gasteiger partial charge in [0.1, 0.15) is 11.8 Å². The van der Waals surface area contributed by atoms with Crippen molar-refractivity contribution >= 4 is 33.9 Å². The Labute approximate surface area is 225 Å². The van der Waals surface area contributed by atoms with Crippen LogP contribution < -0.4 is 10.6 Å². The summed E-state index contributed by atoms with van der Waals surface area (Å²) in [5.41, 5.74) is 4.07. The number of fused-ring (bicyclic) bond motifs is 1. The molecule has 3 heterocycles. The van der Waals surface area contributed by atoms with Gasteiger partial charge in [-0.05, 0) is 37.0 Å². The second kappa shape index (κ2) is 11.3.